The summed E-state index contributed by atoms with van der Waals surface area (Å²) in [6, 6.07) is 3.48. The first kappa shape index (κ1) is 16.7. The van der Waals surface area contributed by atoms with Crippen molar-refractivity contribution in [1.82, 2.24) is 19.5 Å². The average molecular weight is 340 g/mol. The molecular formula is C17H20N6O2. The summed E-state index contributed by atoms with van der Waals surface area (Å²) >= 11 is 0. The number of aromatic carboxylic acids is 1. The van der Waals surface area contributed by atoms with Crippen LogP contribution >= 0.6 is 0 Å². The highest BCUT2D eigenvalue weighted by Gasteiger charge is 2.13. The van der Waals surface area contributed by atoms with Gasteiger partial charge in [0.2, 0.25) is 5.95 Å². The van der Waals surface area contributed by atoms with E-state index < -0.39 is 5.97 Å². The Balaban J connectivity index is 1.70. The molecule has 3 heterocycles. The van der Waals surface area contributed by atoms with E-state index in [-0.39, 0.29) is 5.56 Å². The van der Waals surface area contributed by atoms with E-state index in [1.54, 1.807) is 12.3 Å². The van der Waals surface area contributed by atoms with Gasteiger partial charge in [0.15, 0.2) is 5.65 Å². The highest BCUT2D eigenvalue weighted by Crippen LogP contribution is 2.19. The van der Waals surface area contributed by atoms with Crippen LogP contribution in [-0.4, -0.2) is 43.7 Å². The second kappa shape index (κ2) is 7.16. The molecule has 3 rings (SSSR count). The van der Waals surface area contributed by atoms with Crippen molar-refractivity contribution in [2.45, 2.75) is 20.4 Å². The molecule has 8 nitrogen and oxygen atoms in total. The number of rotatable bonds is 7. The van der Waals surface area contributed by atoms with E-state index in [0.717, 1.165) is 11.3 Å². The first-order valence-corrected chi connectivity index (χ1v) is 8.08. The summed E-state index contributed by atoms with van der Waals surface area (Å²) in [4.78, 5) is 23.9. The Bertz CT molecular complexity index is 905. The van der Waals surface area contributed by atoms with Crippen molar-refractivity contribution >= 4 is 28.8 Å². The monoisotopic (exact) mass is 340 g/mol. The summed E-state index contributed by atoms with van der Waals surface area (Å²) in [6.45, 7) is 6.07. The molecule has 0 atom stereocenters. The van der Waals surface area contributed by atoms with Crippen molar-refractivity contribution in [3.05, 3.63) is 41.9 Å². The van der Waals surface area contributed by atoms with Gasteiger partial charge in [-0.15, -0.1) is 0 Å². The second-order valence-electron chi connectivity index (χ2n) is 5.60. The topological polar surface area (TPSA) is 105 Å². The molecule has 8 heteroatoms. The zero-order valence-corrected chi connectivity index (χ0v) is 14.2. The zero-order valence-electron chi connectivity index (χ0n) is 14.2. The molecule has 0 aromatic carbocycles. The van der Waals surface area contributed by atoms with Gasteiger partial charge in [0.05, 0.1) is 5.56 Å². The van der Waals surface area contributed by atoms with Crippen LogP contribution in [0.4, 0.5) is 11.6 Å². The number of aromatic nitrogens is 4. The maximum Gasteiger partial charge on any atom is 0.337 e. The molecule has 0 aliphatic heterocycles. The molecule has 0 saturated heterocycles. The quantitative estimate of drug-likeness (QED) is 0.567. The van der Waals surface area contributed by atoms with Crippen LogP contribution in [0, 0.1) is 6.92 Å². The normalized spacial score (nSPS) is 10.8. The summed E-state index contributed by atoms with van der Waals surface area (Å²) in [5, 5.41) is 15.7. The van der Waals surface area contributed by atoms with Crippen molar-refractivity contribution in [3.63, 3.8) is 0 Å². The first-order valence-electron chi connectivity index (χ1n) is 8.08. The summed E-state index contributed by atoms with van der Waals surface area (Å²) in [5.41, 5.74) is 3.52. The van der Waals surface area contributed by atoms with Gasteiger partial charge in [-0.3, -0.25) is 9.55 Å². The van der Waals surface area contributed by atoms with Crippen LogP contribution in [0.2, 0.25) is 0 Å². The Morgan fingerprint density at radius 2 is 2.08 bits per heavy atom. The molecule has 0 radical (unpaired) electrons. The number of fused-ring (bicyclic) bond motifs is 1. The molecule has 0 bridgehead atoms. The smallest absolute Gasteiger partial charge is 0.337 e. The molecule has 3 aromatic rings. The Morgan fingerprint density at radius 1 is 1.28 bits per heavy atom. The van der Waals surface area contributed by atoms with Crippen LogP contribution in [0.25, 0.3) is 11.2 Å². The van der Waals surface area contributed by atoms with Crippen molar-refractivity contribution in [2.75, 3.05) is 23.7 Å². The maximum atomic E-state index is 11.1. The zero-order chi connectivity index (χ0) is 17.8. The highest BCUT2D eigenvalue weighted by atomic mass is 16.4. The van der Waals surface area contributed by atoms with E-state index in [1.807, 2.05) is 30.7 Å². The van der Waals surface area contributed by atoms with E-state index in [1.165, 1.54) is 6.20 Å². The molecule has 3 N–H and O–H groups in total. The lowest BCUT2D eigenvalue weighted by molar-refractivity contribution is 0.0696. The Kier molecular flexibility index (Phi) is 4.78. The Labute approximate surface area is 144 Å². The van der Waals surface area contributed by atoms with Gasteiger partial charge >= 0.3 is 5.97 Å². The summed E-state index contributed by atoms with van der Waals surface area (Å²) in [7, 11) is 0. The number of carbonyl (C=O) groups is 1. The standard InChI is InChI=1S/C17H20N6O2/c1-3-23-15-14(8-12(10-21-15)16(24)25)22-17(23)20-7-6-19-13-4-5-18-9-11(13)2/h4-5,8-10H,3,6-7H2,1-2H3,(H,18,19)(H,20,22)(H,24,25). The van der Waals surface area contributed by atoms with Crippen LogP contribution in [0.1, 0.15) is 22.8 Å². The van der Waals surface area contributed by atoms with E-state index in [9.17, 15) is 4.79 Å². The third kappa shape index (κ3) is 3.52. The third-order valence-electron chi connectivity index (χ3n) is 3.89. The Morgan fingerprint density at radius 3 is 2.80 bits per heavy atom. The van der Waals surface area contributed by atoms with E-state index in [2.05, 4.69) is 25.6 Å². The van der Waals surface area contributed by atoms with Gasteiger partial charge in [-0.2, -0.15) is 0 Å². The van der Waals surface area contributed by atoms with Crippen molar-refractivity contribution in [3.8, 4) is 0 Å². The predicted molar refractivity (Wildman–Crippen MR) is 96.1 cm³/mol. The van der Waals surface area contributed by atoms with E-state index >= 15 is 0 Å². The van der Waals surface area contributed by atoms with Crippen LogP contribution in [0.5, 0.6) is 0 Å². The Hall–Kier alpha value is -3.16. The number of aryl methyl sites for hydroxylation is 2. The summed E-state index contributed by atoms with van der Waals surface area (Å²) in [6.07, 6.45) is 4.93. The molecule has 0 spiro atoms. The van der Waals surface area contributed by atoms with Gasteiger partial charge in [-0.1, -0.05) is 0 Å². The largest absolute Gasteiger partial charge is 0.478 e. The lowest BCUT2D eigenvalue weighted by Gasteiger charge is -2.11. The van der Waals surface area contributed by atoms with Crippen molar-refractivity contribution in [1.29, 1.82) is 0 Å². The minimum atomic E-state index is -1.01. The molecule has 25 heavy (non-hydrogen) atoms. The molecule has 0 aliphatic carbocycles. The third-order valence-corrected chi connectivity index (χ3v) is 3.89. The van der Waals surface area contributed by atoms with Gasteiger partial charge in [0.25, 0.3) is 0 Å². The predicted octanol–water partition coefficient (Wildman–Crippen LogP) is 2.38. The number of hydrogen-bond acceptors (Lipinski definition) is 6. The van der Waals surface area contributed by atoms with Gasteiger partial charge in [-0.25, -0.2) is 14.8 Å². The fraction of sp³-hybridized carbons (Fsp3) is 0.294. The number of hydrogen-bond donors (Lipinski definition) is 3. The number of carboxylic acid groups (broad SMARTS) is 1. The molecule has 0 unspecified atom stereocenters. The molecule has 130 valence electrons. The number of pyridine rings is 2. The van der Waals surface area contributed by atoms with Gasteiger partial charge in [0.1, 0.15) is 5.52 Å². The molecule has 0 saturated carbocycles. The molecule has 0 amide bonds. The van der Waals surface area contributed by atoms with Crippen molar-refractivity contribution in [2.24, 2.45) is 0 Å². The minimum absolute atomic E-state index is 0.134. The molecule has 0 fully saturated rings. The summed E-state index contributed by atoms with van der Waals surface area (Å²) < 4.78 is 1.93. The number of anilines is 2. The number of nitrogens with zero attached hydrogens (tertiary/aromatic N) is 4. The van der Waals surface area contributed by atoms with E-state index in [0.29, 0.717) is 36.7 Å². The van der Waals surface area contributed by atoms with Crippen LogP contribution in [0.3, 0.4) is 0 Å². The number of carboxylic acids is 1. The second-order valence-corrected chi connectivity index (χ2v) is 5.60. The van der Waals surface area contributed by atoms with Gasteiger partial charge in [-0.05, 0) is 31.5 Å². The van der Waals surface area contributed by atoms with Gasteiger partial charge < -0.3 is 15.7 Å². The fourth-order valence-electron chi connectivity index (χ4n) is 2.61. The average Bonchev–Trinajstić information content (AvgIpc) is 2.96. The van der Waals surface area contributed by atoms with E-state index in [4.69, 9.17) is 5.11 Å². The molecular weight excluding hydrogens is 320 g/mol. The van der Waals surface area contributed by atoms with Gasteiger partial charge in [0, 0.05) is 43.9 Å². The lowest BCUT2D eigenvalue weighted by Crippen LogP contribution is -2.16. The SMILES string of the molecule is CCn1c(NCCNc2ccncc2C)nc2cc(C(=O)O)cnc21. The maximum absolute atomic E-state index is 11.1. The molecule has 0 aliphatic rings. The minimum Gasteiger partial charge on any atom is -0.478 e. The summed E-state index contributed by atoms with van der Waals surface area (Å²) in [5.74, 6) is -0.326. The van der Waals surface area contributed by atoms with Crippen molar-refractivity contribution < 1.29 is 9.90 Å². The lowest BCUT2D eigenvalue weighted by atomic mass is 10.2. The fourth-order valence-corrected chi connectivity index (χ4v) is 2.61. The first-order chi connectivity index (χ1) is 12.1. The number of nitrogens with one attached hydrogen (secondary N) is 2. The van der Waals surface area contributed by atoms with Crippen LogP contribution in [0.15, 0.2) is 30.7 Å². The highest BCUT2D eigenvalue weighted by molar-refractivity contribution is 5.91. The number of imidazole rings is 1. The molecule has 3 aromatic heterocycles. The van der Waals surface area contributed by atoms with Crippen LogP contribution in [-0.2, 0) is 6.54 Å². The van der Waals surface area contributed by atoms with Crippen LogP contribution < -0.4 is 10.6 Å².